The van der Waals surface area contributed by atoms with Crippen molar-refractivity contribution in [3.05, 3.63) is 0 Å². The Balaban J connectivity index is 0.00000484. The van der Waals surface area contributed by atoms with Crippen molar-refractivity contribution < 1.29 is 13.3 Å². The first-order valence-corrected chi connectivity index (χ1v) is 10.3. The number of rotatable bonds is 10. The third-order valence-electron chi connectivity index (χ3n) is 3.00. The van der Waals surface area contributed by atoms with Gasteiger partial charge >= 0.3 is 38.4 Å². The maximum atomic E-state index is 5.96. The number of nitrogens with two attached hydrogens (primary N) is 1. The zero-order valence-corrected chi connectivity index (χ0v) is 16.1. The fourth-order valence-corrected chi connectivity index (χ4v) is 5.39. The number of aliphatic imine (C=N–C) groups is 2. The molecule has 0 bridgehead atoms. The molecule has 0 aromatic heterocycles. The molecule has 0 fully saturated rings. The Hall–Kier alpha value is 0.897. The van der Waals surface area contributed by atoms with Crippen LogP contribution in [0.1, 0.15) is 27.2 Å². The molecular weight excluding hydrogens is 363 g/mol. The monoisotopic (exact) mass is 390 g/mol. The molecule has 0 amide bonds. The molecule has 11 heteroatoms. The summed E-state index contributed by atoms with van der Waals surface area (Å²) in [5.41, 5.74) is 5.96. The topological polar surface area (TPSA) is 81.7 Å². The van der Waals surface area contributed by atoms with Gasteiger partial charge in [0, 0.05) is 32.4 Å². The molecule has 0 saturated heterocycles. The summed E-state index contributed by atoms with van der Waals surface area (Å²) in [6, 6.07) is 0.713. The van der Waals surface area contributed by atoms with Crippen LogP contribution in [-0.4, -0.2) is 86.3 Å². The van der Waals surface area contributed by atoms with Crippen molar-refractivity contribution in [2.45, 2.75) is 39.5 Å². The summed E-state index contributed by atoms with van der Waals surface area (Å²) in [6.07, 6.45) is 0.275. The third kappa shape index (κ3) is 7.76. The van der Waals surface area contributed by atoms with E-state index >= 15 is 0 Å². The summed E-state index contributed by atoms with van der Waals surface area (Å²) in [5, 5.41) is 0.861. The summed E-state index contributed by atoms with van der Waals surface area (Å²) in [6.45, 7) is 8.20. The summed E-state index contributed by atoms with van der Waals surface area (Å²) in [5.74, 6) is 0. The minimum absolute atomic E-state index is 0. The second kappa shape index (κ2) is 12.3. The van der Waals surface area contributed by atoms with Gasteiger partial charge in [-0.2, -0.15) is 4.99 Å². The van der Waals surface area contributed by atoms with Crippen molar-refractivity contribution in [3.63, 3.8) is 0 Å². The summed E-state index contributed by atoms with van der Waals surface area (Å²) in [4.78, 5) is 10.0. The Morgan fingerprint density at radius 3 is 2.09 bits per heavy atom. The second-order valence-corrected chi connectivity index (χ2v) is 8.07. The molecule has 1 aliphatic heterocycles. The van der Waals surface area contributed by atoms with Crippen molar-refractivity contribution in [2.24, 2.45) is 15.7 Å². The van der Waals surface area contributed by atoms with Crippen LogP contribution in [0, 0.1) is 0 Å². The molecule has 0 saturated carbocycles. The zero-order chi connectivity index (χ0) is 16.6. The van der Waals surface area contributed by atoms with Gasteiger partial charge in [0.2, 0.25) is 0 Å². The predicted octanol–water partition coefficient (Wildman–Crippen LogP) is 0.906. The van der Waals surface area contributed by atoms with Crippen LogP contribution in [-0.2, 0) is 13.3 Å². The number of hydrogen-bond donors (Lipinski definition) is 3. The van der Waals surface area contributed by atoms with Gasteiger partial charge in [0.05, 0.1) is 0 Å². The third-order valence-corrected chi connectivity index (χ3v) is 6.72. The molecule has 23 heavy (non-hydrogen) atoms. The van der Waals surface area contributed by atoms with E-state index in [1.165, 1.54) is 0 Å². The standard InChI is InChI=1S/C12H26N4O3S2Si.Na.H/c1-4-17-22(18-5-2,19-6-3)9-7-8-16-10(13)14-11(20)15-12(16)21;;/h10H,4-9,13H2,1-3H3,(H2,14,15,20,21);;. The fourth-order valence-electron chi connectivity index (χ4n) is 2.19. The Labute approximate surface area is 172 Å². The van der Waals surface area contributed by atoms with Gasteiger partial charge in [-0.1, -0.05) is 0 Å². The van der Waals surface area contributed by atoms with Gasteiger partial charge in [-0.15, -0.1) is 25.3 Å². The average molecular weight is 391 g/mol. The van der Waals surface area contributed by atoms with Gasteiger partial charge in [-0.05, 0) is 27.2 Å². The Morgan fingerprint density at radius 1 is 1.13 bits per heavy atom. The number of nitrogens with zero attached hydrogens (tertiary/aromatic N) is 3. The second-order valence-electron chi connectivity index (χ2n) is 4.53. The van der Waals surface area contributed by atoms with E-state index in [1.54, 1.807) is 0 Å². The first-order valence-electron chi connectivity index (χ1n) is 7.46. The Kier molecular flexibility index (Phi) is 12.8. The van der Waals surface area contributed by atoms with Gasteiger partial charge in [0.15, 0.2) is 16.6 Å². The van der Waals surface area contributed by atoms with E-state index in [9.17, 15) is 0 Å². The van der Waals surface area contributed by atoms with E-state index < -0.39 is 15.1 Å². The van der Waals surface area contributed by atoms with E-state index in [0.717, 1.165) is 6.42 Å². The summed E-state index contributed by atoms with van der Waals surface area (Å²) < 4.78 is 17.5. The van der Waals surface area contributed by atoms with E-state index in [2.05, 4.69) is 35.2 Å². The van der Waals surface area contributed by atoms with Crippen LogP contribution in [0.4, 0.5) is 0 Å². The number of thiol groups is 2. The molecule has 1 atom stereocenters. The minimum atomic E-state index is -2.62. The number of hydrogen-bond acceptors (Lipinski definition) is 7. The van der Waals surface area contributed by atoms with Gasteiger partial charge in [-0.3, -0.25) is 5.73 Å². The van der Waals surface area contributed by atoms with Crippen LogP contribution in [0.25, 0.3) is 0 Å². The van der Waals surface area contributed by atoms with Gasteiger partial charge in [-0.25, -0.2) is 4.99 Å². The SMILES string of the molecule is CCO[Si](CCCN1C(S)=NC(S)=NC1N)(OCC)OCC.[NaH]. The number of amidine groups is 2. The maximum absolute atomic E-state index is 5.96. The van der Waals surface area contributed by atoms with Crippen LogP contribution in [0.2, 0.25) is 6.04 Å². The molecule has 130 valence electrons. The molecule has 0 spiro atoms. The van der Waals surface area contributed by atoms with E-state index in [4.69, 9.17) is 19.0 Å². The zero-order valence-electron chi connectivity index (χ0n) is 13.4. The van der Waals surface area contributed by atoms with Gasteiger partial charge in [0.1, 0.15) is 0 Å². The normalized spacial score (nSPS) is 18.3. The average Bonchev–Trinajstić information content (AvgIpc) is 2.42. The van der Waals surface area contributed by atoms with Crippen molar-refractivity contribution in [1.29, 1.82) is 0 Å². The molecular formula is C12H27N4NaO3S2Si. The van der Waals surface area contributed by atoms with Crippen LogP contribution < -0.4 is 5.73 Å². The summed E-state index contributed by atoms with van der Waals surface area (Å²) >= 11 is 8.42. The molecule has 7 nitrogen and oxygen atoms in total. The van der Waals surface area contributed by atoms with Crippen molar-refractivity contribution in [3.8, 4) is 0 Å². The Bertz CT molecular complexity index is 401. The molecule has 0 radical (unpaired) electrons. The van der Waals surface area contributed by atoms with Crippen molar-refractivity contribution in [2.75, 3.05) is 26.4 Å². The Morgan fingerprint density at radius 2 is 1.65 bits per heavy atom. The quantitative estimate of drug-likeness (QED) is 0.382. The first-order chi connectivity index (χ1) is 10.5. The predicted molar refractivity (Wildman–Crippen MR) is 105 cm³/mol. The molecule has 1 aliphatic rings. The molecule has 2 N–H and O–H groups in total. The molecule has 0 aromatic rings. The van der Waals surface area contributed by atoms with Crippen LogP contribution >= 0.6 is 25.3 Å². The molecule has 1 unspecified atom stereocenters. The molecule has 1 rings (SSSR count). The first kappa shape index (κ1) is 23.9. The fraction of sp³-hybridized carbons (Fsp3) is 0.833. The molecule has 1 heterocycles. The van der Waals surface area contributed by atoms with Gasteiger partial charge < -0.3 is 18.2 Å². The van der Waals surface area contributed by atoms with Crippen LogP contribution in [0.3, 0.4) is 0 Å². The molecule has 0 aliphatic carbocycles. The van der Waals surface area contributed by atoms with Gasteiger partial charge in [0.25, 0.3) is 0 Å². The summed E-state index contributed by atoms with van der Waals surface area (Å²) in [7, 11) is -2.62. The van der Waals surface area contributed by atoms with Crippen LogP contribution in [0.5, 0.6) is 0 Å². The van der Waals surface area contributed by atoms with Crippen molar-refractivity contribution >= 4 is 74.0 Å². The van der Waals surface area contributed by atoms with Crippen molar-refractivity contribution in [1.82, 2.24) is 4.90 Å². The van der Waals surface area contributed by atoms with E-state index in [-0.39, 0.29) is 29.6 Å². The van der Waals surface area contributed by atoms with Crippen LogP contribution in [0.15, 0.2) is 9.98 Å². The molecule has 0 aromatic carbocycles. The van der Waals surface area contributed by atoms with E-state index in [1.807, 2.05) is 25.7 Å². The van der Waals surface area contributed by atoms with E-state index in [0.29, 0.717) is 42.7 Å².